The average molecular weight is 340 g/mol. The molecule has 0 radical (unpaired) electrons. The zero-order valence-corrected chi connectivity index (χ0v) is 12.3. The molecule has 0 aliphatic rings. The molecule has 86 valence electrons. The zero-order valence-electron chi connectivity index (χ0n) is 9.15. The lowest BCUT2D eigenvalue weighted by molar-refractivity contribution is 0.808. The van der Waals surface area contributed by atoms with Crippen molar-refractivity contribution in [1.82, 2.24) is 10.3 Å². The summed E-state index contributed by atoms with van der Waals surface area (Å²) < 4.78 is 0. The summed E-state index contributed by atoms with van der Waals surface area (Å²) in [6.45, 7) is 4.92. The average Bonchev–Trinajstić information content (AvgIpc) is 2.62. The van der Waals surface area contributed by atoms with Crippen molar-refractivity contribution in [2.24, 2.45) is 10.7 Å². The highest BCUT2D eigenvalue weighted by atomic mass is 127. The molecule has 3 N–H and O–H groups in total. The number of halogens is 1. The molecule has 0 spiro atoms. The van der Waals surface area contributed by atoms with Crippen molar-refractivity contribution in [2.45, 2.75) is 26.3 Å². The van der Waals surface area contributed by atoms with Crippen LogP contribution in [0.15, 0.2) is 10.4 Å². The molecule has 1 heterocycles. The van der Waals surface area contributed by atoms with E-state index in [1.165, 1.54) is 0 Å². The van der Waals surface area contributed by atoms with E-state index in [9.17, 15) is 0 Å². The molecule has 0 bridgehead atoms. The fourth-order valence-electron chi connectivity index (χ4n) is 0.917. The van der Waals surface area contributed by atoms with Gasteiger partial charge in [-0.25, -0.2) is 4.98 Å². The van der Waals surface area contributed by atoms with Crippen molar-refractivity contribution in [2.75, 3.05) is 7.05 Å². The van der Waals surface area contributed by atoms with Crippen LogP contribution in [-0.2, 0) is 6.54 Å². The Morgan fingerprint density at radius 2 is 2.33 bits per heavy atom. The first-order valence-electron chi connectivity index (χ1n) is 4.54. The summed E-state index contributed by atoms with van der Waals surface area (Å²) in [6.07, 6.45) is 0. The van der Waals surface area contributed by atoms with Crippen LogP contribution in [0.4, 0.5) is 0 Å². The minimum atomic E-state index is 0. The Hall–Kier alpha value is -0.370. The maximum Gasteiger partial charge on any atom is 0.188 e. The summed E-state index contributed by atoms with van der Waals surface area (Å²) in [5.41, 5.74) is 6.64. The Balaban J connectivity index is 0.00000196. The zero-order chi connectivity index (χ0) is 10.6. The number of nitrogens with one attached hydrogen (secondary N) is 1. The molecule has 0 atom stereocenters. The molecule has 15 heavy (non-hydrogen) atoms. The van der Waals surface area contributed by atoms with E-state index in [4.69, 9.17) is 5.73 Å². The van der Waals surface area contributed by atoms with Crippen LogP contribution in [-0.4, -0.2) is 18.0 Å². The van der Waals surface area contributed by atoms with Gasteiger partial charge in [-0.15, -0.1) is 35.3 Å². The summed E-state index contributed by atoms with van der Waals surface area (Å²) in [5.74, 6) is 0.934. The fourth-order valence-corrected chi connectivity index (χ4v) is 1.81. The SMILES string of the molecule is CN=C(N)NCc1nc(C(C)C)cs1.I. The lowest BCUT2D eigenvalue weighted by atomic mass is 10.2. The predicted octanol–water partition coefficient (Wildman–Crippen LogP) is 1.92. The first-order valence-corrected chi connectivity index (χ1v) is 5.42. The molecular weight excluding hydrogens is 323 g/mol. The molecular formula is C9H17IN4S. The Labute approximate surface area is 111 Å². The van der Waals surface area contributed by atoms with Crippen LogP contribution in [0.1, 0.15) is 30.5 Å². The Morgan fingerprint density at radius 1 is 1.67 bits per heavy atom. The molecule has 0 unspecified atom stereocenters. The van der Waals surface area contributed by atoms with Gasteiger partial charge in [0.2, 0.25) is 0 Å². The van der Waals surface area contributed by atoms with Gasteiger partial charge in [-0.3, -0.25) is 4.99 Å². The normalized spacial score (nSPS) is 11.3. The third-order valence-corrected chi connectivity index (χ3v) is 2.69. The van der Waals surface area contributed by atoms with E-state index < -0.39 is 0 Å². The second-order valence-corrected chi connectivity index (χ2v) is 4.23. The van der Waals surface area contributed by atoms with E-state index in [0.29, 0.717) is 18.4 Å². The van der Waals surface area contributed by atoms with Gasteiger partial charge in [0.05, 0.1) is 12.2 Å². The standard InChI is InChI=1S/C9H16N4S.HI/c1-6(2)7-5-14-8(13-7)4-12-9(10)11-3;/h5-6H,4H2,1-3H3,(H3,10,11,12);1H. The van der Waals surface area contributed by atoms with Crippen LogP contribution >= 0.6 is 35.3 Å². The molecule has 0 aliphatic carbocycles. The van der Waals surface area contributed by atoms with Gasteiger partial charge in [0.25, 0.3) is 0 Å². The topological polar surface area (TPSA) is 63.3 Å². The van der Waals surface area contributed by atoms with E-state index >= 15 is 0 Å². The Bertz CT molecular complexity index is 322. The van der Waals surface area contributed by atoms with Crippen LogP contribution in [0.2, 0.25) is 0 Å². The largest absolute Gasteiger partial charge is 0.370 e. The van der Waals surface area contributed by atoms with Crippen LogP contribution < -0.4 is 11.1 Å². The van der Waals surface area contributed by atoms with Crippen LogP contribution in [0.3, 0.4) is 0 Å². The number of nitrogens with zero attached hydrogens (tertiary/aromatic N) is 2. The van der Waals surface area contributed by atoms with Gasteiger partial charge in [-0.2, -0.15) is 0 Å². The lowest BCUT2D eigenvalue weighted by Gasteiger charge is -2.01. The van der Waals surface area contributed by atoms with Crippen molar-refractivity contribution in [1.29, 1.82) is 0 Å². The molecule has 1 aromatic heterocycles. The van der Waals surface area contributed by atoms with Gasteiger partial charge < -0.3 is 11.1 Å². The predicted molar refractivity (Wildman–Crippen MR) is 76.0 cm³/mol. The minimum Gasteiger partial charge on any atom is -0.370 e. The van der Waals surface area contributed by atoms with E-state index in [-0.39, 0.29) is 24.0 Å². The number of guanidine groups is 1. The highest BCUT2D eigenvalue weighted by Crippen LogP contribution is 2.17. The third-order valence-electron chi connectivity index (χ3n) is 1.82. The number of aliphatic imine (C=N–C) groups is 1. The molecule has 4 nitrogen and oxygen atoms in total. The van der Waals surface area contributed by atoms with Gasteiger partial charge in [-0.1, -0.05) is 13.8 Å². The summed E-state index contributed by atoms with van der Waals surface area (Å²) in [5, 5.41) is 6.10. The minimum absolute atomic E-state index is 0. The fraction of sp³-hybridized carbons (Fsp3) is 0.556. The summed E-state index contributed by atoms with van der Waals surface area (Å²) in [7, 11) is 1.66. The van der Waals surface area contributed by atoms with Gasteiger partial charge in [-0.05, 0) is 5.92 Å². The molecule has 6 heteroatoms. The van der Waals surface area contributed by atoms with Crippen LogP contribution in [0, 0.1) is 0 Å². The summed E-state index contributed by atoms with van der Waals surface area (Å²) in [4.78, 5) is 8.27. The van der Waals surface area contributed by atoms with Gasteiger partial charge in [0.15, 0.2) is 5.96 Å². The van der Waals surface area contributed by atoms with Gasteiger partial charge in [0, 0.05) is 12.4 Å². The van der Waals surface area contributed by atoms with Crippen molar-refractivity contribution < 1.29 is 0 Å². The number of aromatic nitrogens is 1. The lowest BCUT2D eigenvalue weighted by Crippen LogP contribution is -2.30. The second-order valence-electron chi connectivity index (χ2n) is 3.28. The van der Waals surface area contributed by atoms with Crippen molar-refractivity contribution >= 4 is 41.3 Å². The summed E-state index contributed by atoms with van der Waals surface area (Å²) in [6, 6.07) is 0. The molecule has 0 aromatic carbocycles. The number of nitrogens with two attached hydrogens (primary N) is 1. The van der Waals surface area contributed by atoms with Gasteiger partial charge in [0.1, 0.15) is 5.01 Å². The van der Waals surface area contributed by atoms with Crippen molar-refractivity contribution in [3.63, 3.8) is 0 Å². The molecule has 1 aromatic rings. The second kappa shape index (κ2) is 7.00. The van der Waals surface area contributed by atoms with E-state index in [1.807, 2.05) is 0 Å². The maximum atomic E-state index is 5.50. The highest BCUT2D eigenvalue weighted by Gasteiger charge is 2.04. The van der Waals surface area contributed by atoms with E-state index in [2.05, 4.69) is 34.5 Å². The highest BCUT2D eigenvalue weighted by molar-refractivity contribution is 14.0. The van der Waals surface area contributed by atoms with Crippen LogP contribution in [0.5, 0.6) is 0 Å². The Kier molecular flexibility index (Phi) is 6.82. The molecule has 0 saturated carbocycles. The number of hydrogen-bond donors (Lipinski definition) is 2. The summed E-state index contributed by atoms with van der Waals surface area (Å²) >= 11 is 1.65. The first-order chi connectivity index (χ1) is 6.63. The number of hydrogen-bond acceptors (Lipinski definition) is 3. The Morgan fingerprint density at radius 3 is 2.80 bits per heavy atom. The van der Waals surface area contributed by atoms with Crippen molar-refractivity contribution in [3.8, 4) is 0 Å². The number of rotatable bonds is 3. The first kappa shape index (κ1) is 14.6. The molecule has 0 aliphatic heterocycles. The molecule has 0 fully saturated rings. The smallest absolute Gasteiger partial charge is 0.188 e. The van der Waals surface area contributed by atoms with Gasteiger partial charge >= 0.3 is 0 Å². The molecule has 0 saturated heterocycles. The maximum absolute atomic E-state index is 5.50. The van der Waals surface area contributed by atoms with E-state index in [1.54, 1.807) is 18.4 Å². The third kappa shape index (κ3) is 4.78. The number of thiazole rings is 1. The molecule has 0 amide bonds. The monoisotopic (exact) mass is 340 g/mol. The van der Waals surface area contributed by atoms with E-state index in [0.717, 1.165) is 10.7 Å². The van der Waals surface area contributed by atoms with Crippen molar-refractivity contribution in [3.05, 3.63) is 16.1 Å². The van der Waals surface area contributed by atoms with Crippen LogP contribution in [0.25, 0.3) is 0 Å². The molecule has 1 rings (SSSR count). The quantitative estimate of drug-likeness (QED) is 0.502.